The van der Waals surface area contributed by atoms with E-state index in [1.807, 2.05) is 58.1 Å². The smallest absolute Gasteiger partial charge is 0.410 e. The summed E-state index contributed by atoms with van der Waals surface area (Å²) in [5.74, 6) is -1.49. The van der Waals surface area contributed by atoms with Gasteiger partial charge < -0.3 is 38.0 Å². The van der Waals surface area contributed by atoms with Crippen LogP contribution in [0, 0.1) is 17.8 Å². The average molecular weight is 860 g/mol. The summed E-state index contributed by atoms with van der Waals surface area (Å²) in [5.41, 5.74) is -1.31. The molecular formula is C44H67ClN2O9Si2. The topological polar surface area (TPSA) is 124 Å². The van der Waals surface area contributed by atoms with Gasteiger partial charge in [0.05, 0.1) is 24.3 Å². The molecule has 7 atom stereocenters. The first-order chi connectivity index (χ1) is 26.6. The van der Waals surface area contributed by atoms with Gasteiger partial charge in [0.25, 0.3) is 0 Å². The van der Waals surface area contributed by atoms with Crippen molar-refractivity contribution in [3.63, 3.8) is 0 Å². The predicted octanol–water partition coefficient (Wildman–Crippen LogP) is 9.28. The quantitative estimate of drug-likeness (QED) is 0.126. The van der Waals surface area contributed by atoms with E-state index in [9.17, 15) is 14.7 Å². The number of rotatable bonds is 12. The Morgan fingerprint density at radius 1 is 0.948 bits per heavy atom. The fraction of sp³-hybridized carbons (Fsp3) is 0.659. The number of likely N-dealkylation sites (tertiary alicyclic amines) is 2. The maximum atomic E-state index is 15.2. The Morgan fingerprint density at radius 3 is 2.12 bits per heavy atom. The van der Waals surface area contributed by atoms with Gasteiger partial charge in [-0.15, -0.1) is 0 Å². The molecule has 1 saturated carbocycles. The van der Waals surface area contributed by atoms with Crippen molar-refractivity contribution in [2.45, 2.75) is 148 Å². The van der Waals surface area contributed by atoms with Crippen molar-refractivity contribution in [2.75, 3.05) is 20.3 Å². The van der Waals surface area contributed by atoms with Gasteiger partial charge >= 0.3 is 12.1 Å². The molecule has 0 aromatic heterocycles. The number of aliphatic hydroxyl groups excluding tert-OH is 1. The molecule has 322 valence electrons. The summed E-state index contributed by atoms with van der Waals surface area (Å²) < 4.78 is 31.8. The van der Waals surface area contributed by atoms with Gasteiger partial charge in [-0.3, -0.25) is 4.79 Å². The zero-order valence-electron chi connectivity index (χ0n) is 37.1. The van der Waals surface area contributed by atoms with Crippen molar-refractivity contribution in [3.05, 3.63) is 64.7 Å². The molecule has 0 radical (unpaired) electrons. The summed E-state index contributed by atoms with van der Waals surface area (Å²) in [5, 5.41) is 13.4. The number of benzene rings is 2. The minimum absolute atomic E-state index is 0.106. The highest BCUT2D eigenvalue weighted by molar-refractivity contribution is 6.74. The van der Waals surface area contributed by atoms with Crippen LogP contribution in [-0.4, -0.2) is 99.3 Å². The molecule has 0 spiro atoms. The van der Waals surface area contributed by atoms with Gasteiger partial charge in [-0.05, 0) is 106 Å². The lowest BCUT2D eigenvalue weighted by Gasteiger charge is -2.61. The second kappa shape index (κ2) is 16.5. The molecule has 3 aliphatic rings. The van der Waals surface area contributed by atoms with Crippen molar-refractivity contribution >= 4 is 46.2 Å². The number of carbonyl (C=O) groups excluding carboxylic acids is 3. The second-order valence-corrected chi connectivity index (χ2v) is 30.5. The molecule has 2 amide bonds. The SMILES string of the molecule is COc1ccc(CN2C(=O)C3C[C@@H](CO[Si](C)(C)C(C)(C)C)[C@H]4N(C(=O)OC(C)(C)C)CC[C@H]3[C@]42[C@H](O)C(OC(=O)c2cccc(Cl)c2)O[Si](C)(C)C(C)(C)C)cc1. The summed E-state index contributed by atoms with van der Waals surface area (Å²) in [4.78, 5) is 47.3. The van der Waals surface area contributed by atoms with E-state index in [4.69, 9.17) is 34.7 Å². The summed E-state index contributed by atoms with van der Waals surface area (Å²) >= 11 is 6.33. The number of nitrogens with zero attached hydrogens (tertiary/aromatic N) is 2. The monoisotopic (exact) mass is 858 g/mol. The van der Waals surface area contributed by atoms with E-state index < -0.39 is 70.1 Å². The zero-order chi connectivity index (χ0) is 43.4. The predicted molar refractivity (Wildman–Crippen MR) is 231 cm³/mol. The van der Waals surface area contributed by atoms with Gasteiger partial charge in [0.2, 0.25) is 12.2 Å². The Morgan fingerprint density at radius 2 is 1.57 bits per heavy atom. The lowest BCUT2D eigenvalue weighted by Crippen LogP contribution is -2.77. The third kappa shape index (κ3) is 9.05. The third-order valence-electron chi connectivity index (χ3n) is 13.4. The van der Waals surface area contributed by atoms with Gasteiger partial charge in [-0.2, -0.15) is 0 Å². The number of hydrogen-bond acceptors (Lipinski definition) is 9. The minimum Gasteiger partial charge on any atom is -0.497 e. The van der Waals surface area contributed by atoms with Crippen molar-refractivity contribution in [3.8, 4) is 5.75 Å². The fourth-order valence-electron chi connectivity index (χ4n) is 8.44. The van der Waals surface area contributed by atoms with Crippen LogP contribution in [0.4, 0.5) is 4.79 Å². The molecule has 2 unspecified atom stereocenters. The lowest BCUT2D eigenvalue weighted by atomic mass is 9.57. The molecule has 2 aromatic carbocycles. The van der Waals surface area contributed by atoms with E-state index in [0.717, 1.165) is 5.56 Å². The van der Waals surface area contributed by atoms with Crippen LogP contribution < -0.4 is 4.74 Å². The highest BCUT2D eigenvalue weighted by Gasteiger charge is 2.74. The van der Waals surface area contributed by atoms with Gasteiger partial charge in [-0.25, -0.2) is 9.59 Å². The van der Waals surface area contributed by atoms with E-state index in [2.05, 4.69) is 54.6 Å². The summed E-state index contributed by atoms with van der Waals surface area (Å²) in [6.45, 7) is 27.3. The summed E-state index contributed by atoms with van der Waals surface area (Å²) in [6.07, 6.45) is -2.81. The Kier molecular flexibility index (Phi) is 13.1. The van der Waals surface area contributed by atoms with E-state index in [1.54, 1.807) is 35.1 Å². The minimum atomic E-state index is -2.82. The molecule has 2 aliphatic heterocycles. The second-order valence-electron chi connectivity index (χ2n) is 20.5. The number of carbonyl (C=O) groups is 3. The largest absolute Gasteiger partial charge is 0.497 e. The normalized spacial score (nSPS) is 25.0. The third-order valence-corrected chi connectivity index (χ3v) is 22.6. The molecule has 58 heavy (non-hydrogen) atoms. The Bertz CT molecular complexity index is 1820. The van der Waals surface area contributed by atoms with Crippen LogP contribution >= 0.6 is 11.6 Å². The molecule has 2 saturated heterocycles. The van der Waals surface area contributed by atoms with Gasteiger partial charge in [0, 0.05) is 42.5 Å². The number of ether oxygens (including phenoxy) is 3. The molecule has 14 heteroatoms. The van der Waals surface area contributed by atoms with Crippen molar-refractivity contribution in [2.24, 2.45) is 17.8 Å². The first-order valence-corrected chi connectivity index (χ1v) is 26.7. The first kappa shape index (κ1) is 46.1. The molecule has 11 nitrogen and oxygen atoms in total. The van der Waals surface area contributed by atoms with Crippen LogP contribution in [0.1, 0.15) is 91.1 Å². The average Bonchev–Trinajstić information content (AvgIpc) is 3.27. The van der Waals surface area contributed by atoms with E-state index in [0.29, 0.717) is 30.2 Å². The van der Waals surface area contributed by atoms with Gasteiger partial charge in [0.1, 0.15) is 17.5 Å². The zero-order valence-corrected chi connectivity index (χ0v) is 39.9. The molecule has 1 N–H and O–H groups in total. The van der Waals surface area contributed by atoms with Crippen LogP contribution in [0.5, 0.6) is 5.75 Å². The Balaban J connectivity index is 1.76. The van der Waals surface area contributed by atoms with Gasteiger partial charge in [-0.1, -0.05) is 71.3 Å². The first-order valence-electron chi connectivity index (χ1n) is 20.5. The van der Waals surface area contributed by atoms with Crippen LogP contribution in [0.25, 0.3) is 0 Å². The summed E-state index contributed by atoms with van der Waals surface area (Å²) in [6, 6.07) is 13.1. The van der Waals surface area contributed by atoms with E-state index in [-0.39, 0.29) is 40.6 Å². The Hall–Kier alpha value is -2.95. The number of halogens is 1. The Labute approximate surface area is 353 Å². The molecule has 2 aromatic rings. The van der Waals surface area contributed by atoms with Crippen LogP contribution in [-0.2, 0) is 29.7 Å². The standard InChI is InChI=1S/C44H67ClN2O9Si2/c1-41(2,3)55-40(51)46-23-22-34-33-25-30(27-53-57(11,12)42(4,5)6)35(46)44(34,47(37(33)49)26-28-18-20-32(52-10)21-19-28)36(48)39(56-58(13,14)43(7,8)9)54-38(50)29-16-15-17-31(45)24-29/h15-21,24,30,33-36,39,48H,22-23,25-27H2,1-14H3/t30-,33?,34+,35+,36+,39?,44+/m0/s1. The maximum Gasteiger partial charge on any atom is 0.410 e. The van der Waals surface area contributed by atoms with Crippen LogP contribution in [0.2, 0.25) is 41.3 Å². The maximum absolute atomic E-state index is 15.2. The molecule has 4 bridgehead atoms. The highest BCUT2D eigenvalue weighted by Crippen LogP contribution is 2.60. The molecule has 5 rings (SSSR count). The van der Waals surface area contributed by atoms with Crippen LogP contribution in [0.3, 0.4) is 0 Å². The number of aliphatic hydroxyl groups is 1. The number of methoxy groups -OCH3 is 1. The van der Waals surface area contributed by atoms with Crippen molar-refractivity contribution in [1.82, 2.24) is 9.80 Å². The van der Waals surface area contributed by atoms with Crippen molar-refractivity contribution < 1.29 is 42.6 Å². The highest BCUT2D eigenvalue weighted by atomic mass is 35.5. The number of esters is 1. The number of piperidine rings is 1. The number of hydrogen-bond donors (Lipinski definition) is 1. The molecule has 3 fully saturated rings. The molecule has 1 aliphatic carbocycles. The fourth-order valence-corrected chi connectivity index (χ4v) is 10.8. The van der Waals surface area contributed by atoms with Crippen molar-refractivity contribution in [1.29, 1.82) is 0 Å². The van der Waals surface area contributed by atoms with Crippen LogP contribution in [0.15, 0.2) is 48.5 Å². The molecular weight excluding hydrogens is 792 g/mol. The van der Waals surface area contributed by atoms with Gasteiger partial charge in [0.15, 0.2) is 16.6 Å². The van der Waals surface area contributed by atoms with E-state index >= 15 is 4.79 Å². The number of amides is 2. The molecule has 2 heterocycles. The lowest BCUT2D eigenvalue weighted by molar-refractivity contribution is -0.214. The summed E-state index contributed by atoms with van der Waals surface area (Å²) in [7, 11) is -3.56. The van der Waals surface area contributed by atoms with E-state index in [1.165, 1.54) is 6.07 Å².